The Labute approximate surface area is 221 Å². The molecule has 0 aromatic heterocycles. The minimum atomic E-state index is -0.472. The minimum Gasteiger partial charge on any atom is -0.872 e. The molecule has 0 aliphatic carbocycles. The second-order valence-electron chi connectivity index (χ2n) is 7.14. The molecule has 0 saturated heterocycles. The van der Waals surface area contributed by atoms with E-state index >= 15 is 0 Å². The second-order valence-corrected chi connectivity index (χ2v) is 7.14. The van der Waals surface area contributed by atoms with Crippen LogP contribution >= 0.6 is 0 Å². The Hall–Kier alpha value is -4.87. The zero-order valence-corrected chi connectivity index (χ0v) is 20.0. The van der Waals surface area contributed by atoms with E-state index in [1.807, 2.05) is 0 Å². The van der Waals surface area contributed by atoms with E-state index in [9.17, 15) is 30.4 Å². The van der Waals surface area contributed by atoms with Crippen LogP contribution in [0.2, 0.25) is 0 Å². The van der Waals surface area contributed by atoms with Crippen molar-refractivity contribution in [2.24, 2.45) is 9.98 Å². The first kappa shape index (κ1) is 28.4. The van der Waals surface area contributed by atoms with Crippen molar-refractivity contribution in [2.75, 3.05) is 0 Å². The molecule has 11 heteroatoms. The number of nitro benzene ring substituents is 2. The molecule has 0 aliphatic heterocycles. The van der Waals surface area contributed by atoms with Gasteiger partial charge in [0.2, 0.25) is 0 Å². The molecule has 0 spiro atoms. The van der Waals surface area contributed by atoms with E-state index in [0.29, 0.717) is 22.5 Å². The summed E-state index contributed by atoms with van der Waals surface area (Å²) >= 11 is 0. The third-order valence-electron chi connectivity index (χ3n) is 4.66. The first-order chi connectivity index (χ1) is 17.3. The summed E-state index contributed by atoms with van der Waals surface area (Å²) in [5, 5.41) is 43.7. The molecule has 37 heavy (non-hydrogen) atoms. The van der Waals surface area contributed by atoms with Crippen LogP contribution in [0.1, 0.15) is 11.1 Å². The fourth-order valence-corrected chi connectivity index (χ4v) is 2.78. The Morgan fingerprint density at radius 1 is 0.541 bits per heavy atom. The Balaban J connectivity index is 0.000000253. The average molecular weight is 541 g/mol. The van der Waals surface area contributed by atoms with Gasteiger partial charge in [-0.2, -0.15) is 0 Å². The van der Waals surface area contributed by atoms with Crippen molar-refractivity contribution < 1.29 is 36.8 Å². The van der Waals surface area contributed by atoms with Gasteiger partial charge in [-0.15, -0.1) is 11.5 Å². The maximum Gasteiger partial charge on any atom is 2.00 e. The SMILES string of the molecule is O=[N+]([O-])c1ccc(N=Cc2ccccc2[O-])cc1.O=[N+]([O-])c1ccc(N=Cc2ccccc2[O-])cc1.[Co+2]. The van der Waals surface area contributed by atoms with Crippen molar-refractivity contribution in [2.45, 2.75) is 0 Å². The number of para-hydroxylation sites is 2. The molecule has 1 radical (unpaired) electrons. The maximum atomic E-state index is 11.4. The largest absolute Gasteiger partial charge is 2.00 e. The molecule has 10 nitrogen and oxygen atoms in total. The molecule has 0 heterocycles. The fraction of sp³-hybridized carbons (Fsp3) is 0. The van der Waals surface area contributed by atoms with Crippen molar-refractivity contribution in [3.05, 3.63) is 128 Å². The smallest absolute Gasteiger partial charge is 0.872 e. The maximum absolute atomic E-state index is 11.4. The Morgan fingerprint density at radius 2 is 0.865 bits per heavy atom. The molecule has 4 aromatic carbocycles. The van der Waals surface area contributed by atoms with Gasteiger partial charge in [0.05, 0.1) is 21.2 Å². The van der Waals surface area contributed by atoms with Gasteiger partial charge < -0.3 is 10.2 Å². The molecule has 0 atom stereocenters. The van der Waals surface area contributed by atoms with Gasteiger partial charge in [0.1, 0.15) is 0 Å². The Morgan fingerprint density at radius 3 is 1.16 bits per heavy atom. The number of nitrogens with zero attached hydrogens (tertiary/aromatic N) is 4. The standard InChI is InChI=1S/2C13H10N2O3.Co/c2*16-13-4-2-1-3-10(13)9-14-11-5-7-12(8-6-11)15(17)18;/h2*1-9,16H;/q;;+2/p-2. The van der Waals surface area contributed by atoms with Crippen LogP contribution in [0.5, 0.6) is 11.5 Å². The van der Waals surface area contributed by atoms with Gasteiger partial charge >= 0.3 is 16.8 Å². The summed E-state index contributed by atoms with van der Waals surface area (Å²) in [5.74, 6) is -0.216. The zero-order valence-electron chi connectivity index (χ0n) is 19.0. The van der Waals surface area contributed by atoms with Crippen molar-refractivity contribution in [1.82, 2.24) is 0 Å². The van der Waals surface area contributed by atoms with E-state index < -0.39 is 9.85 Å². The molecular formula is C26H18CoN4O6. The summed E-state index contributed by atoms with van der Waals surface area (Å²) in [5.41, 5.74) is 2.11. The normalized spacial score (nSPS) is 10.4. The second kappa shape index (κ2) is 13.9. The third kappa shape index (κ3) is 8.69. The van der Waals surface area contributed by atoms with E-state index in [0.717, 1.165) is 0 Å². The monoisotopic (exact) mass is 541 g/mol. The molecule has 0 bridgehead atoms. The molecule has 187 valence electrons. The first-order valence-electron chi connectivity index (χ1n) is 10.4. The summed E-state index contributed by atoms with van der Waals surface area (Å²) in [6, 6.07) is 24.7. The van der Waals surface area contributed by atoms with E-state index in [2.05, 4.69) is 9.98 Å². The van der Waals surface area contributed by atoms with Gasteiger partial charge in [0.25, 0.3) is 11.4 Å². The number of aliphatic imine (C=N–C) groups is 2. The van der Waals surface area contributed by atoms with Crippen molar-refractivity contribution in [1.29, 1.82) is 0 Å². The predicted molar refractivity (Wildman–Crippen MR) is 132 cm³/mol. The molecule has 4 aromatic rings. The van der Waals surface area contributed by atoms with Gasteiger partial charge in [-0.3, -0.25) is 30.2 Å². The Kier molecular flexibility index (Phi) is 10.6. The zero-order chi connectivity index (χ0) is 25.9. The van der Waals surface area contributed by atoms with Crippen LogP contribution in [0, 0.1) is 20.2 Å². The van der Waals surface area contributed by atoms with Crippen LogP contribution in [0.25, 0.3) is 0 Å². The van der Waals surface area contributed by atoms with Crippen LogP contribution in [0.3, 0.4) is 0 Å². The van der Waals surface area contributed by atoms with Gasteiger partial charge in [-0.25, -0.2) is 0 Å². The van der Waals surface area contributed by atoms with Crippen LogP contribution in [0.4, 0.5) is 22.7 Å². The molecule has 0 amide bonds. The van der Waals surface area contributed by atoms with E-state index in [-0.39, 0.29) is 39.7 Å². The average Bonchev–Trinajstić information content (AvgIpc) is 2.88. The van der Waals surface area contributed by atoms with Gasteiger partial charge in [-0.05, 0) is 35.4 Å². The van der Waals surface area contributed by atoms with Gasteiger partial charge in [0, 0.05) is 36.7 Å². The van der Waals surface area contributed by atoms with Crippen molar-refractivity contribution >= 4 is 35.2 Å². The molecule has 0 fully saturated rings. The van der Waals surface area contributed by atoms with Gasteiger partial charge in [-0.1, -0.05) is 48.5 Å². The molecule has 0 aliphatic rings. The van der Waals surface area contributed by atoms with E-state index in [4.69, 9.17) is 0 Å². The fourth-order valence-electron chi connectivity index (χ4n) is 2.78. The number of rotatable bonds is 6. The van der Waals surface area contributed by atoms with Crippen LogP contribution in [0.15, 0.2) is 107 Å². The molecule has 0 N–H and O–H groups in total. The van der Waals surface area contributed by atoms with Crippen LogP contribution in [-0.4, -0.2) is 22.3 Å². The molecule has 0 unspecified atom stereocenters. The topological polar surface area (TPSA) is 157 Å². The quantitative estimate of drug-likeness (QED) is 0.193. The summed E-state index contributed by atoms with van der Waals surface area (Å²) < 4.78 is 0. The van der Waals surface area contributed by atoms with E-state index in [1.165, 1.54) is 73.1 Å². The summed E-state index contributed by atoms with van der Waals surface area (Å²) in [6.45, 7) is 0. The summed E-state index contributed by atoms with van der Waals surface area (Å²) in [7, 11) is 0. The number of nitro groups is 2. The number of non-ortho nitro benzene ring substituents is 2. The van der Waals surface area contributed by atoms with Crippen LogP contribution < -0.4 is 10.2 Å². The summed E-state index contributed by atoms with van der Waals surface area (Å²) in [4.78, 5) is 28.2. The molecule has 0 saturated carbocycles. The van der Waals surface area contributed by atoms with Crippen LogP contribution in [-0.2, 0) is 16.8 Å². The third-order valence-corrected chi connectivity index (χ3v) is 4.66. The molecule has 4 rings (SSSR count). The first-order valence-corrected chi connectivity index (χ1v) is 10.4. The summed E-state index contributed by atoms with van der Waals surface area (Å²) in [6.07, 6.45) is 2.90. The molecular weight excluding hydrogens is 523 g/mol. The number of benzene rings is 4. The number of hydrogen-bond acceptors (Lipinski definition) is 8. The minimum absolute atomic E-state index is 0. The van der Waals surface area contributed by atoms with Crippen molar-refractivity contribution in [3.8, 4) is 11.5 Å². The van der Waals surface area contributed by atoms with E-state index in [1.54, 1.807) is 36.4 Å². The predicted octanol–water partition coefficient (Wildman–Crippen LogP) is 4.84. The van der Waals surface area contributed by atoms with Gasteiger partial charge in [0.15, 0.2) is 0 Å². The Bertz CT molecular complexity index is 1300. The number of hydrogen-bond donors (Lipinski definition) is 0. The van der Waals surface area contributed by atoms with Crippen molar-refractivity contribution in [3.63, 3.8) is 0 Å².